The summed E-state index contributed by atoms with van der Waals surface area (Å²) in [5.41, 5.74) is 10.4. The van der Waals surface area contributed by atoms with Crippen LogP contribution in [0.3, 0.4) is 0 Å². The van der Waals surface area contributed by atoms with Crippen molar-refractivity contribution in [2.75, 3.05) is 13.2 Å². The minimum Gasteiger partial charge on any atom is -0.490 e. The smallest absolute Gasteiger partial charge is 0.161 e. The minimum absolute atomic E-state index is 0.0112. The van der Waals surface area contributed by atoms with Crippen LogP contribution in [0.2, 0.25) is 0 Å². The molecule has 0 spiro atoms. The van der Waals surface area contributed by atoms with E-state index in [1.165, 1.54) is 11.1 Å². The van der Waals surface area contributed by atoms with Crippen LogP contribution in [0.4, 0.5) is 0 Å². The number of fused-ring (bicyclic) bond motifs is 2. The van der Waals surface area contributed by atoms with Gasteiger partial charge in [-0.05, 0) is 35.2 Å². The van der Waals surface area contributed by atoms with Crippen molar-refractivity contribution in [1.82, 2.24) is 0 Å². The number of nitrogens with two attached hydrogens (primary N) is 1. The van der Waals surface area contributed by atoms with Crippen LogP contribution in [-0.4, -0.2) is 13.2 Å². The van der Waals surface area contributed by atoms with Crippen molar-refractivity contribution in [3.8, 4) is 11.5 Å². The summed E-state index contributed by atoms with van der Waals surface area (Å²) in [5.74, 6) is 2.07. The van der Waals surface area contributed by atoms with Crippen LogP contribution in [-0.2, 0) is 6.42 Å². The average molecular weight is 281 g/mol. The molecular weight excluding hydrogens is 262 g/mol. The maximum atomic E-state index is 6.49. The number of hydrogen-bond acceptors (Lipinski definition) is 3. The van der Waals surface area contributed by atoms with Crippen LogP contribution in [0.5, 0.6) is 11.5 Å². The third-order valence-electron chi connectivity index (χ3n) is 4.48. The molecule has 3 nitrogen and oxygen atoms in total. The van der Waals surface area contributed by atoms with Gasteiger partial charge in [0.15, 0.2) is 11.5 Å². The molecule has 108 valence electrons. The van der Waals surface area contributed by atoms with Gasteiger partial charge in [0.1, 0.15) is 0 Å². The van der Waals surface area contributed by atoms with Gasteiger partial charge in [-0.15, -0.1) is 0 Å². The molecule has 2 aromatic carbocycles. The molecule has 1 aliphatic carbocycles. The largest absolute Gasteiger partial charge is 0.490 e. The Balaban J connectivity index is 1.61. The van der Waals surface area contributed by atoms with Crippen LogP contribution in [0.1, 0.15) is 35.1 Å². The molecule has 4 rings (SSSR count). The molecule has 2 atom stereocenters. The summed E-state index contributed by atoms with van der Waals surface area (Å²) < 4.78 is 11.4. The molecule has 2 aliphatic rings. The van der Waals surface area contributed by atoms with E-state index in [2.05, 4.69) is 30.3 Å². The standard InChI is InChI=1S/C18H19NO2/c19-18(15-10-12-4-1-2-5-14(12)15)13-6-7-16-17(11-13)21-9-3-8-20-16/h1-2,4-7,11,15,18H,3,8-10,19H2. The fourth-order valence-corrected chi connectivity index (χ4v) is 3.24. The van der Waals surface area contributed by atoms with E-state index in [4.69, 9.17) is 15.2 Å². The normalized spacial score (nSPS) is 20.9. The Morgan fingerprint density at radius 1 is 1.00 bits per heavy atom. The Hall–Kier alpha value is -2.00. The molecule has 0 aromatic heterocycles. The van der Waals surface area contributed by atoms with Crippen LogP contribution in [0.25, 0.3) is 0 Å². The summed E-state index contributed by atoms with van der Waals surface area (Å²) >= 11 is 0. The van der Waals surface area contributed by atoms with Gasteiger partial charge < -0.3 is 15.2 Å². The topological polar surface area (TPSA) is 44.5 Å². The predicted octanol–water partition coefficient (Wildman–Crippen LogP) is 3.19. The van der Waals surface area contributed by atoms with Crippen molar-refractivity contribution in [3.63, 3.8) is 0 Å². The first-order valence-corrected chi connectivity index (χ1v) is 7.56. The molecule has 0 saturated carbocycles. The highest BCUT2D eigenvalue weighted by Crippen LogP contribution is 2.43. The summed E-state index contributed by atoms with van der Waals surface area (Å²) in [6.07, 6.45) is 1.98. The van der Waals surface area contributed by atoms with Crippen molar-refractivity contribution in [1.29, 1.82) is 0 Å². The Labute approximate surface area is 124 Å². The lowest BCUT2D eigenvalue weighted by atomic mass is 9.72. The van der Waals surface area contributed by atoms with E-state index < -0.39 is 0 Å². The van der Waals surface area contributed by atoms with Crippen LogP contribution in [0, 0.1) is 0 Å². The molecule has 0 saturated heterocycles. The lowest BCUT2D eigenvalue weighted by molar-refractivity contribution is 0.297. The number of hydrogen-bond donors (Lipinski definition) is 1. The molecule has 2 aromatic rings. The zero-order valence-corrected chi connectivity index (χ0v) is 11.9. The van der Waals surface area contributed by atoms with E-state index in [1.54, 1.807) is 0 Å². The van der Waals surface area contributed by atoms with E-state index in [0.29, 0.717) is 19.1 Å². The molecule has 3 heteroatoms. The number of benzene rings is 2. The predicted molar refractivity (Wildman–Crippen MR) is 81.9 cm³/mol. The summed E-state index contributed by atoms with van der Waals surface area (Å²) in [6, 6.07) is 14.7. The summed E-state index contributed by atoms with van der Waals surface area (Å²) in [7, 11) is 0. The van der Waals surface area contributed by atoms with Crippen molar-refractivity contribution in [2.24, 2.45) is 5.73 Å². The Kier molecular flexibility index (Phi) is 3.08. The van der Waals surface area contributed by atoms with Gasteiger partial charge >= 0.3 is 0 Å². The van der Waals surface area contributed by atoms with Crippen molar-refractivity contribution in [2.45, 2.75) is 24.8 Å². The fourth-order valence-electron chi connectivity index (χ4n) is 3.24. The summed E-state index contributed by atoms with van der Waals surface area (Å²) in [5, 5.41) is 0. The van der Waals surface area contributed by atoms with Gasteiger partial charge in [0.05, 0.1) is 13.2 Å². The first kappa shape index (κ1) is 12.7. The minimum atomic E-state index is 0.0112. The lowest BCUT2D eigenvalue weighted by Gasteiger charge is -2.35. The maximum Gasteiger partial charge on any atom is 0.161 e. The van der Waals surface area contributed by atoms with Gasteiger partial charge in [-0.2, -0.15) is 0 Å². The zero-order valence-electron chi connectivity index (χ0n) is 11.9. The Bertz CT molecular complexity index is 668. The molecule has 0 bridgehead atoms. The quantitative estimate of drug-likeness (QED) is 0.919. The molecule has 1 aliphatic heterocycles. The van der Waals surface area contributed by atoms with Gasteiger partial charge in [0, 0.05) is 18.4 Å². The second kappa shape index (κ2) is 5.08. The second-order valence-corrected chi connectivity index (χ2v) is 5.79. The van der Waals surface area contributed by atoms with Gasteiger partial charge in [0.25, 0.3) is 0 Å². The van der Waals surface area contributed by atoms with Crippen molar-refractivity contribution >= 4 is 0 Å². The Morgan fingerprint density at radius 2 is 1.81 bits per heavy atom. The molecule has 21 heavy (non-hydrogen) atoms. The van der Waals surface area contributed by atoms with Crippen molar-refractivity contribution in [3.05, 3.63) is 59.2 Å². The third-order valence-corrected chi connectivity index (χ3v) is 4.48. The van der Waals surface area contributed by atoms with Crippen LogP contribution >= 0.6 is 0 Å². The molecule has 0 amide bonds. The Morgan fingerprint density at radius 3 is 2.67 bits per heavy atom. The van der Waals surface area contributed by atoms with Crippen molar-refractivity contribution < 1.29 is 9.47 Å². The van der Waals surface area contributed by atoms with E-state index in [1.807, 2.05) is 12.1 Å². The molecule has 2 N–H and O–H groups in total. The SMILES string of the molecule is NC(c1ccc2c(c1)OCCCO2)C1Cc2ccccc21. The molecule has 0 radical (unpaired) electrons. The first-order valence-electron chi connectivity index (χ1n) is 7.56. The van der Waals surface area contributed by atoms with Gasteiger partial charge in [-0.25, -0.2) is 0 Å². The third kappa shape index (κ3) is 2.18. The van der Waals surface area contributed by atoms with Gasteiger partial charge in [0.2, 0.25) is 0 Å². The van der Waals surface area contributed by atoms with E-state index in [9.17, 15) is 0 Å². The fraction of sp³-hybridized carbons (Fsp3) is 0.333. The van der Waals surface area contributed by atoms with E-state index >= 15 is 0 Å². The molecule has 1 heterocycles. The van der Waals surface area contributed by atoms with E-state index in [-0.39, 0.29) is 6.04 Å². The van der Waals surface area contributed by atoms with Gasteiger partial charge in [-0.3, -0.25) is 0 Å². The lowest BCUT2D eigenvalue weighted by Crippen LogP contribution is -2.28. The van der Waals surface area contributed by atoms with Crippen LogP contribution in [0.15, 0.2) is 42.5 Å². The highest BCUT2D eigenvalue weighted by Gasteiger charge is 2.31. The van der Waals surface area contributed by atoms with Crippen LogP contribution < -0.4 is 15.2 Å². The molecule has 2 unspecified atom stereocenters. The number of ether oxygens (including phenoxy) is 2. The second-order valence-electron chi connectivity index (χ2n) is 5.79. The molecule has 0 fully saturated rings. The zero-order chi connectivity index (χ0) is 14.2. The first-order chi connectivity index (χ1) is 10.3. The highest BCUT2D eigenvalue weighted by molar-refractivity contribution is 5.47. The van der Waals surface area contributed by atoms with E-state index in [0.717, 1.165) is 29.9 Å². The monoisotopic (exact) mass is 281 g/mol. The maximum absolute atomic E-state index is 6.49. The summed E-state index contributed by atoms with van der Waals surface area (Å²) in [6.45, 7) is 1.42. The average Bonchev–Trinajstić information content (AvgIpc) is 2.72. The number of rotatable bonds is 2. The van der Waals surface area contributed by atoms with Gasteiger partial charge in [-0.1, -0.05) is 30.3 Å². The molecular formula is C18H19NO2. The summed E-state index contributed by atoms with van der Waals surface area (Å²) in [4.78, 5) is 0. The highest BCUT2D eigenvalue weighted by atomic mass is 16.5.